The monoisotopic (exact) mass is 358 g/mol. The molecule has 0 saturated carbocycles. The van der Waals surface area contributed by atoms with Gasteiger partial charge in [0.2, 0.25) is 0 Å². The summed E-state index contributed by atoms with van der Waals surface area (Å²) in [6.45, 7) is 4.17. The summed E-state index contributed by atoms with van der Waals surface area (Å²) in [4.78, 5) is 17.2. The van der Waals surface area contributed by atoms with Crippen molar-refractivity contribution in [2.75, 3.05) is 26.7 Å². The van der Waals surface area contributed by atoms with Gasteiger partial charge in [0.1, 0.15) is 5.75 Å². The fraction of sp³-hybridized carbons (Fsp3) is 0.350. The molecule has 0 bridgehead atoms. The highest BCUT2D eigenvalue weighted by Crippen LogP contribution is 2.26. The maximum atomic E-state index is 13.0. The lowest BCUT2D eigenvalue weighted by Crippen LogP contribution is -2.52. The van der Waals surface area contributed by atoms with Crippen molar-refractivity contribution in [3.05, 3.63) is 65.2 Å². The molecule has 2 aromatic rings. The average molecular weight is 359 g/mol. The maximum absolute atomic E-state index is 13.0. The van der Waals surface area contributed by atoms with Crippen molar-refractivity contribution < 1.29 is 9.53 Å². The smallest absolute Gasteiger partial charge is 0.263 e. The molecular formula is C20H23ClN2O2. The second-order valence-electron chi connectivity index (χ2n) is 6.44. The number of piperazine rings is 1. The number of hydrogen-bond donors (Lipinski definition) is 0. The van der Waals surface area contributed by atoms with Crippen LogP contribution in [0.1, 0.15) is 18.5 Å². The van der Waals surface area contributed by atoms with Gasteiger partial charge in [0.05, 0.1) is 6.04 Å². The molecule has 0 spiro atoms. The first-order valence-electron chi connectivity index (χ1n) is 8.51. The van der Waals surface area contributed by atoms with Gasteiger partial charge in [-0.1, -0.05) is 48.0 Å². The number of hydrogen-bond acceptors (Lipinski definition) is 3. The lowest BCUT2D eigenvalue weighted by atomic mass is 10.0. The summed E-state index contributed by atoms with van der Waals surface area (Å²) in [7, 11) is 2.09. The van der Waals surface area contributed by atoms with E-state index in [-0.39, 0.29) is 11.9 Å². The molecule has 132 valence electrons. The minimum absolute atomic E-state index is 0.00179. The Hall–Kier alpha value is -2.04. The summed E-state index contributed by atoms with van der Waals surface area (Å²) >= 11 is 5.99. The number of benzene rings is 2. The fourth-order valence-electron chi connectivity index (χ4n) is 3.17. The number of ether oxygens (including phenoxy) is 1. The molecule has 0 aromatic heterocycles. The van der Waals surface area contributed by atoms with Crippen LogP contribution in [0.25, 0.3) is 0 Å². The van der Waals surface area contributed by atoms with Gasteiger partial charge in [-0.25, -0.2) is 0 Å². The van der Waals surface area contributed by atoms with Crippen LogP contribution in [0.2, 0.25) is 5.02 Å². The number of carbonyl (C=O) groups excluding carboxylic acids is 1. The molecule has 2 atom stereocenters. The van der Waals surface area contributed by atoms with Crippen molar-refractivity contribution in [2.45, 2.75) is 19.1 Å². The number of likely N-dealkylation sites (N-methyl/N-ethyl adjacent to an activating group) is 1. The SMILES string of the molecule is CC(Oc1cccc(Cl)c1)C(=O)N1CCN(C)CC1c1ccccc1. The van der Waals surface area contributed by atoms with Gasteiger partial charge in [0.25, 0.3) is 5.91 Å². The molecule has 1 amide bonds. The number of halogens is 1. The second kappa shape index (κ2) is 7.89. The molecule has 0 aliphatic carbocycles. The summed E-state index contributed by atoms with van der Waals surface area (Å²) in [5.41, 5.74) is 1.15. The number of rotatable bonds is 4. The van der Waals surface area contributed by atoms with Crippen molar-refractivity contribution >= 4 is 17.5 Å². The lowest BCUT2D eigenvalue weighted by Gasteiger charge is -2.41. The molecule has 0 N–H and O–H groups in total. The molecular weight excluding hydrogens is 336 g/mol. The van der Waals surface area contributed by atoms with Crippen LogP contribution in [-0.2, 0) is 4.79 Å². The zero-order valence-corrected chi connectivity index (χ0v) is 15.3. The van der Waals surface area contributed by atoms with Gasteiger partial charge >= 0.3 is 0 Å². The quantitative estimate of drug-likeness (QED) is 0.836. The molecule has 1 aliphatic rings. The third kappa shape index (κ3) is 4.33. The van der Waals surface area contributed by atoms with Crippen LogP contribution in [0.4, 0.5) is 0 Å². The minimum atomic E-state index is -0.562. The summed E-state index contributed by atoms with van der Waals surface area (Å²) in [5.74, 6) is 0.612. The van der Waals surface area contributed by atoms with E-state index in [1.54, 1.807) is 19.1 Å². The first kappa shape index (κ1) is 17.8. The standard InChI is InChI=1S/C20H23ClN2O2/c1-15(25-18-10-6-9-17(21)13-18)20(24)23-12-11-22(2)14-19(23)16-7-4-3-5-8-16/h3-10,13,15,19H,11-12,14H2,1-2H3. The van der Waals surface area contributed by atoms with Crippen LogP contribution in [0.5, 0.6) is 5.75 Å². The van der Waals surface area contributed by atoms with E-state index in [0.717, 1.165) is 18.7 Å². The Morgan fingerprint density at radius 2 is 1.92 bits per heavy atom. The van der Waals surface area contributed by atoms with Crippen LogP contribution >= 0.6 is 11.6 Å². The number of nitrogens with zero attached hydrogens (tertiary/aromatic N) is 2. The molecule has 1 saturated heterocycles. The Bertz CT molecular complexity index is 723. The molecule has 0 radical (unpaired) electrons. The van der Waals surface area contributed by atoms with Crippen LogP contribution in [0, 0.1) is 0 Å². The van der Waals surface area contributed by atoms with E-state index < -0.39 is 6.10 Å². The van der Waals surface area contributed by atoms with E-state index in [0.29, 0.717) is 17.3 Å². The molecule has 3 rings (SSSR count). The third-order valence-corrected chi connectivity index (χ3v) is 4.74. The van der Waals surface area contributed by atoms with E-state index in [9.17, 15) is 4.79 Å². The summed E-state index contributed by atoms with van der Waals surface area (Å²) in [6, 6.07) is 17.4. The topological polar surface area (TPSA) is 32.8 Å². The number of carbonyl (C=O) groups is 1. The van der Waals surface area contributed by atoms with Gasteiger partial charge in [-0.2, -0.15) is 0 Å². The maximum Gasteiger partial charge on any atom is 0.263 e. The molecule has 1 heterocycles. The van der Waals surface area contributed by atoms with Crippen molar-refractivity contribution in [3.63, 3.8) is 0 Å². The molecule has 25 heavy (non-hydrogen) atoms. The lowest BCUT2D eigenvalue weighted by molar-refractivity contribution is -0.143. The summed E-state index contributed by atoms with van der Waals surface area (Å²) in [5, 5.41) is 0.596. The van der Waals surface area contributed by atoms with Gasteiger partial charge in [-0.15, -0.1) is 0 Å². The van der Waals surface area contributed by atoms with Crippen LogP contribution in [0.3, 0.4) is 0 Å². The van der Waals surface area contributed by atoms with Crippen molar-refractivity contribution in [1.82, 2.24) is 9.80 Å². The number of amides is 1. The predicted molar refractivity (Wildman–Crippen MR) is 99.9 cm³/mol. The molecule has 2 unspecified atom stereocenters. The van der Waals surface area contributed by atoms with E-state index >= 15 is 0 Å². The first-order valence-corrected chi connectivity index (χ1v) is 8.88. The molecule has 1 fully saturated rings. The van der Waals surface area contributed by atoms with Crippen LogP contribution in [-0.4, -0.2) is 48.5 Å². The van der Waals surface area contributed by atoms with E-state index in [4.69, 9.17) is 16.3 Å². The van der Waals surface area contributed by atoms with Crippen molar-refractivity contribution in [3.8, 4) is 5.75 Å². The normalized spacial score (nSPS) is 19.5. The Balaban J connectivity index is 1.76. The second-order valence-corrected chi connectivity index (χ2v) is 6.87. The highest BCUT2D eigenvalue weighted by Gasteiger charge is 2.33. The Morgan fingerprint density at radius 3 is 2.64 bits per heavy atom. The first-order chi connectivity index (χ1) is 12.0. The van der Waals surface area contributed by atoms with Gasteiger partial charge < -0.3 is 14.5 Å². The highest BCUT2D eigenvalue weighted by molar-refractivity contribution is 6.30. The van der Waals surface area contributed by atoms with E-state index in [1.807, 2.05) is 35.2 Å². The van der Waals surface area contributed by atoms with E-state index in [2.05, 4.69) is 24.1 Å². The van der Waals surface area contributed by atoms with Gasteiger partial charge in [0.15, 0.2) is 6.10 Å². The summed E-state index contributed by atoms with van der Waals surface area (Å²) in [6.07, 6.45) is -0.562. The third-order valence-electron chi connectivity index (χ3n) is 4.51. The van der Waals surface area contributed by atoms with Gasteiger partial charge in [-0.3, -0.25) is 4.79 Å². The van der Waals surface area contributed by atoms with Gasteiger partial charge in [-0.05, 0) is 37.7 Å². The van der Waals surface area contributed by atoms with Crippen molar-refractivity contribution in [2.24, 2.45) is 0 Å². The molecule has 5 heteroatoms. The average Bonchev–Trinajstić information content (AvgIpc) is 2.62. The molecule has 1 aliphatic heterocycles. The van der Waals surface area contributed by atoms with E-state index in [1.165, 1.54) is 0 Å². The van der Waals surface area contributed by atoms with Crippen LogP contribution in [0.15, 0.2) is 54.6 Å². The Kier molecular flexibility index (Phi) is 5.61. The fourth-order valence-corrected chi connectivity index (χ4v) is 3.35. The summed E-state index contributed by atoms with van der Waals surface area (Å²) < 4.78 is 5.83. The van der Waals surface area contributed by atoms with Gasteiger partial charge in [0, 0.05) is 24.7 Å². The minimum Gasteiger partial charge on any atom is -0.481 e. The highest BCUT2D eigenvalue weighted by atomic mass is 35.5. The predicted octanol–water partition coefficient (Wildman–Crippen LogP) is 3.62. The molecule has 4 nitrogen and oxygen atoms in total. The Morgan fingerprint density at radius 1 is 1.16 bits per heavy atom. The molecule has 2 aromatic carbocycles. The zero-order valence-electron chi connectivity index (χ0n) is 14.6. The van der Waals surface area contributed by atoms with Crippen molar-refractivity contribution in [1.29, 1.82) is 0 Å². The van der Waals surface area contributed by atoms with Crippen LogP contribution < -0.4 is 4.74 Å². The zero-order chi connectivity index (χ0) is 17.8. The Labute approximate surface area is 154 Å². The largest absolute Gasteiger partial charge is 0.481 e.